The fourth-order valence-corrected chi connectivity index (χ4v) is 3.99. The van der Waals surface area contributed by atoms with Crippen LogP contribution in [0.5, 0.6) is 0 Å². The number of nitrogens with zero attached hydrogens (tertiary/aromatic N) is 3. The normalized spacial score (nSPS) is 21.0. The molecule has 0 unspecified atom stereocenters. The summed E-state index contributed by atoms with van der Waals surface area (Å²) >= 11 is 0. The van der Waals surface area contributed by atoms with Crippen LogP contribution in [-0.4, -0.2) is 61.9 Å². The fourth-order valence-electron chi connectivity index (χ4n) is 3.99. The molecule has 1 amide bonds. The van der Waals surface area contributed by atoms with Crippen LogP contribution < -0.4 is 5.32 Å². The molecule has 140 valence electrons. The molecule has 1 N–H and O–H groups in total. The lowest BCUT2D eigenvalue weighted by Crippen LogP contribution is -2.50. The number of carbonyl (C=O) groups excluding carboxylic acids is 1. The summed E-state index contributed by atoms with van der Waals surface area (Å²) in [4.78, 5) is 20.5. The molecule has 1 heterocycles. The Morgan fingerprint density at radius 3 is 2.33 bits per heavy atom. The summed E-state index contributed by atoms with van der Waals surface area (Å²) in [5.74, 6) is 0.979. The fraction of sp³-hybridized carbons (Fsp3) is 0.889. The Labute approximate surface area is 164 Å². The average Bonchev–Trinajstić information content (AvgIpc) is 2.76. The second-order valence-electron chi connectivity index (χ2n) is 7.40. The van der Waals surface area contributed by atoms with Crippen LogP contribution in [0.1, 0.15) is 58.3 Å². The largest absolute Gasteiger partial charge is 0.357 e. The van der Waals surface area contributed by atoms with E-state index in [-0.39, 0.29) is 36.4 Å². The molecule has 5 nitrogen and oxygen atoms in total. The van der Waals surface area contributed by atoms with E-state index in [1.165, 1.54) is 51.4 Å². The van der Waals surface area contributed by atoms with E-state index in [9.17, 15) is 4.79 Å². The van der Waals surface area contributed by atoms with E-state index in [1.807, 2.05) is 0 Å². The van der Waals surface area contributed by atoms with Gasteiger partial charge in [-0.25, -0.2) is 4.99 Å². The number of nitrogens with one attached hydrogen (secondary N) is 1. The van der Waals surface area contributed by atoms with E-state index in [0.29, 0.717) is 5.41 Å². The minimum absolute atomic E-state index is 0. The number of guanidine groups is 1. The van der Waals surface area contributed by atoms with Crippen molar-refractivity contribution in [3.05, 3.63) is 0 Å². The lowest BCUT2D eigenvalue weighted by molar-refractivity contribution is -0.127. The SMILES string of the molecule is CCNC(=NCC(=O)N(C)C)N1CCCC2(CCCCCC2)C1.I. The first kappa shape index (κ1) is 21.5. The Bertz CT molecular complexity index is 417. The summed E-state index contributed by atoms with van der Waals surface area (Å²) < 4.78 is 0. The van der Waals surface area contributed by atoms with E-state index in [2.05, 4.69) is 22.1 Å². The number of likely N-dealkylation sites (tertiary alicyclic amines) is 1. The van der Waals surface area contributed by atoms with Crippen LogP contribution in [0.15, 0.2) is 4.99 Å². The zero-order valence-corrected chi connectivity index (χ0v) is 18.0. The molecule has 0 bridgehead atoms. The molecule has 0 aromatic rings. The quantitative estimate of drug-likeness (QED) is 0.409. The smallest absolute Gasteiger partial charge is 0.243 e. The number of amides is 1. The van der Waals surface area contributed by atoms with Crippen LogP contribution in [0.4, 0.5) is 0 Å². The van der Waals surface area contributed by atoms with Gasteiger partial charge in [0.2, 0.25) is 5.91 Å². The van der Waals surface area contributed by atoms with E-state index in [1.54, 1.807) is 19.0 Å². The Morgan fingerprint density at radius 2 is 1.75 bits per heavy atom. The topological polar surface area (TPSA) is 47.9 Å². The number of likely N-dealkylation sites (N-methyl/N-ethyl adjacent to an activating group) is 1. The summed E-state index contributed by atoms with van der Waals surface area (Å²) in [6.07, 6.45) is 10.9. The van der Waals surface area contributed by atoms with Crippen molar-refractivity contribution in [2.75, 3.05) is 40.3 Å². The molecule has 24 heavy (non-hydrogen) atoms. The Morgan fingerprint density at radius 1 is 1.12 bits per heavy atom. The lowest BCUT2D eigenvalue weighted by Gasteiger charge is -2.44. The van der Waals surface area contributed by atoms with Crippen molar-refractivity contribution in [2.45, 2.75) is 58.3 Å². The molecular formula is C18H35IN4O. The van der Waals surface area contributed by atoms with Gasteiger partial charge in [-0.05, 0) is 38.0 Å². The molecule has 2 rings (SSSR count). The van der Waals surface area contributed by atoms with Crippen molar-refractivity contribution in [3.63, 3.8) is 0 Å². The van der Waals surface area contributed by atoms with Crippen molar-refractivity contribution in [1.29, 1.82) is 0 Å². The van der Waals surface area contributed by atoms with Gasteiger partial charge in [0.15, 0.2) is 5.96 Å². The molecule has 1 saturated carbocycles. The first-order valence-electron chi connectivity index (χ1n) is 9.30. The Balaban J connectivity index is 0.00000288. The Hall–Kier alpha value is -0.530. The van der Waals surface area contributed by atoms with Crippen LogP contribution in [-0.2, 0) is 4.79 Å². The van der Waals surface area contributed by atoms with Crippen LogP contribution in [0.25, 0.3) is 0 Å². The second-order valence-corrected chi connectivity index (χ2v) is 7.40. The highest BCUT2D eigenvalue weighted by molar-refractivity contribution is 14.0. The summed E-state index contributed by atoms with van der Waals surface area (Å²) in [5, 5.41) is 3.39. The highest BCUT2D eigenvalue weighted by atomic mass is 127. The third kappa shape index (κ3) is 6.08. The van der Waals surface area contributed by atoms with Crippen molar-refractivity contribution < 1.29 is 4.79 Å². The van der Waals surface area contributed by atoms with Gasteiger partial charge in [-0.1, -0.05) is 25.7 Å². The van der Waals surface area contributed by atoms with E-state index in [4.69, 9.17) is 0 Å². The first-order chi connectivity index (χ1) is 11.1. The van der Waals surface area contributed by atoms with Gasteiger partial charge in [-0.15, -0.1) is 24.0 Å². The van der Waals surface area contributed by atoms with Crippen molar-refractivity contribution in [1.82, 2.24) is 15.1 Å². The molecule has 0 atom stereocenters. The van der Waals surface area contributed by atoms with Gasteiger partial charge in [-0.2, -0.15) is 0 Å². The average molecular weight is 450 g/mol. The molecule has 0 aromatic heterocycles. The standard InChI is InChI=1S/C18H34N4O.HI/c1-4-19-17(20-14-16(23)21(2)3)22-13-9-12-18(15-22)10-7-5-6-8-11-18;/h4-15H2,1-3H3,(H,19,20);1H. The molecule has 2 fully saturated rings. The Kier molecular flexibility index (Phi) is 9.37. The summed E-state index contributed by atoms with van der Waals surface area (Å²) in [7, 11) is 3.57. The highest BCUT2D eigenvalue weighted by Gasteiger charge is 2.36. The highest BCUT2D eigenvalue weighted by Crippen LogP contribution is 2.42. The minimum Gasteiger partial charge on any atom is -0.357 e. The number of piperidine rings is 1. The second kappa shape index (κ2) is 10.5. The number of rotatable bonds is 3. The van der Waals surface area contributed by atoms with Crippen molar-refractivity contribution in [2.24, 2.45) is 10.4 Å². The van der Waals surface area contributed by atoms with Gasteiger partial charge < -0.3 is 15.1 Å². The van der Waals surface area contributed by atoms with E-state index >= 15 is 0 Å². The number of hydrogen-bond donors (Lipinski definition) is 1. The van der Waals surface area contributed by atoms with Crippen LogP contribution >= 0.6 is 24.0 Å². The summed E-state index contributed by atoms with van der Waals surface area (Å²) in [6.45, 7) is 5.34. The number of halogens is 1. The predicted molar refractivity (Wildman–Crippen MR) is 111 cm³/mol. The van der Waals surface area contributed by atoms with E-state index in [0.717, 1.165) is 25.6 Å². The van der Waals surface area contributed by atoms with E-state index < -0.39 is 0 Å². The molecule has 0 aromatic carbocycles. The van der Waals surface area contributed by atoms with Gasteiger partial charge in [0.1, 0.15) is 6.54 Å². The zero-order valence-electron chi connectivity index (χ0n) is 15.6. The van der Waals surface area contributed by atoms with Gasteiger partial charge in [0, 0.05) is 33.7 Å². The molecule has 1 spiro atoms. The number of carbonyl (C=O) groups is 1. The first-order valence-corrected chi connectivity index (χ1v) is 9.30. The third-order valence-corrected chi connectivity index (χ3v) is 5.32. The summed E-state index contributed by atoms with van der Waals surface area (Å²) in [5.41, 5.74) is 0.483. The zero-order chi connectivity index (χ0) is 16.7. The monoisotopic (exact) mass is 450 g/mol. The number of hydrogen-bond acceptors (Lipinski definition) is 2. The molecule has 6 heteroatoms. The van der Waals surface area contributed by atoms with Gasteiger partial charge in [0.25, 0.3) is 0 Å². The maximum Gasteiger partial charge on any atom is 0.243 e. The van der Waals surface area contributed by atoms with Gasteiger partial charge >= 0.3 is 0 Å². The van der Waals surface area contributed by atoms with Crippen LogP contribution in [0.2, 0.25) is 0 Å². The number of aliphatic imine (C=N–C) groups is 1. The lowest BCUT2D eigenvalue weighted by atomic mass is 9.74. The van der Waals surface area contributed by atoms with Crippen molar-refractivity contribution >= 4 is 35.8 Å². The molecular weight excluding hydrogens is 415 g/mol. The maximum absolute atomic E-state index is 11.8. The maximum atomic E-state index is 11.8. The molecule has 1 aliphatic carbocycles. The predicted octanol–water partition coefficient (Wildman–Crippen LogP) is 3.09. The molecule has 2 aliphatic rings. The van der Waals surface area contributed by atoms with Crippen LogP contribution in [0, 0.1) is 5.41 Å². The van der Waals surface area contributed by atoms with Gasteiger partial charge in [0.05, 0.1) is 0 Å². The summed E-state index contributed by atoms with van der Waals surface area (Å²) in [6, 6.07) is 0. The van der Waals surface area contributed by atoms with Gasteiger partial charge in [-0.3, -0.25) is 4.79 Å². The minimum atomic E-state index is 0. The molecule has 1 saturated heterocycles. The molecule has 0 radical (unpaired) electrons. The van der Waals surface area contributed by atoms with Crippen molar-refractivity contribution in [3.8, 4) is 0 Å². The van der Waals surface area contributed by atoms with Crippen LogP contribution in [0.3, 0.4) is 0 Å². The third-order valence-electron chi connectivity index (χ3n) is 5.32. The molecule has 1 aliphatic heterocycles.